The first kappa shape index (κ1) is 17.9. The highest BCUT2D eigenvalue weighted by atomic mass is 19.1. The summed E-state index contributed by atoms with van der Waals surface area (Å²) in [6.45, 7) is 3.48. The van der Waals surface area contributed by atoms with E-state index in [1.807, 2.05) is 6.92 Å². The molecule has 1 unspecified atom stereocenters. The third-order valence-electron chi connectivity index (χ3n) is 3.73. The van der Waals surface area contributed by atoms with Crippen LogP contribution in [0.25, 0.3) is 11.1 Å². The van der Waals surface area contributed by atoms with Crippen molar-refractivity contribution in [2.24, 2.45) is 0 Å². The summed E-state index contributed by atoms with van der Waals surface area (Å²) >= 11 is 0. The van der Waals surface area contributed by atoms with E-state index >= 15 is 0 Å². The number of likely N-dealkylation sites (N-methyl/N-ethyl adjacent to an activating group) is 1. The van der Waals surface area contributed by atoms with Gasteiger partial charge in [-0.05, 0) is 54.3 Å². The fourth-order valence-electron chi connectivity index (χ4n) is 2.38. The molecular weight excluding hydrogens is 312 g/mol. The summed E-state index contributed by atoms with van der Waals surface area (Å²) in [5.74, 6) is -0.694. The van der Waals surface area contributed by atoms with E-state index in [-0.39, 0.29) is 17.5 Å². The maximum atomic E-state index is 14.0. The second kappa shape index (κ2) is 7.43. The van der Waals surface area contributed by atoms with Gasteiger partial charge in [-0.2, -0.15) is 0 Å². The SMILES string of the molecule is CCC(Oc1cc(F)cc(-c2ccc(F)c(C)c2)c1)C(=O)N(C)C. The van der Waals surface area contributed by atoms with Crippen LogP contribution in [-0.4, -0.2) is 31.0 Å². The summed E-state index contributed by atoms with van der Waals surface area (Å²) in [6, 6.07) is 8.83. The molecule has 0 bridgehead atoms. The number of rotatable bonds is 5. The molecule has 0 aliphatic heterocycles. The van der Waals surface area contributed by atoms with E-state index in [4.69, 9.17) is 4.74 Å². The molecule has 2 aromatic carbocycles. The smallest absolute Gasteiger partial charge is 0.263 e. The van der Waals surface area contributed by atoms with Gasteiger partial charge in [0.25, 0.3) is 5.91 Å². The van der Waals surface area contributed by atoms with Gasteiger partial charge in [0.05, 0.1) is 0 Å². The predicted molar refractivity (Wildman–Crippen MR) is 89.9 cm³/mol. The molecular formula is C19H21F2NO2. The van der Waals surface area contributed by atoms with Crippen LogP contribution in [0, 0.1) is 18.6 Å². The third kappa shape index (κ3) is 4.10. The minimum atomic E-state index is -0.676. The first-order chi connectivity index (χ1) is 11.3. The van der Waals surface area contributed by atoms with Crippen LogP contribution in [0.1, 0.15) is 18.9 Å². The summed E-state index contributed by atoms with van der Waals surface area (Å²) in [7, 11) is 3.29. The Morgan fingerprint density at radius 3 is 2.42 bits per heavy atom. The second-order valence-electron chi connectivity index (χ2n) is 5.89. The number of nitrogens with zero attached hydrogens (tertiary/aromatic N) is 1. The number of carbonyl (C=O) groups excluding carboxylic acids is 1. The van der Waals surface area contributed by atoms with Gasteiger partial charge in [0.15, 0.2) is 6.10 Å². The van der Waals surface area contributed by atoms with Crippen LogP contribution in [-0.2, 0) is 4.79 Å². The van der Waals surface area contributed by atoms with Crippen molar-refractivity contribution in [2.45, 2.75) is 26.4 Å². The van der Waals surface area contributed by atoms with Crippen LogP contribution in [0.5, 0.6) is 5.75 Å². The lowest BCUT2D eigenvalue weighted by Gasteiger charge is -2.21. The Morgan fingerprint density at radius 1 is 1.12 bits per heavy atom. The van der Waals surface area contributed by atoms with Gasteiger partial charge in [-0.25, -0.2) is 8.78 Å². The van der Waals surface area contributed by atoms with Crippen molar-refractivity contribution in [1.29, 1.82) is 0 Å². The van der Waals surface area contributed by atoms with E-state index in [1.165, 1.54) is 23.1 Å². The Labute approximate surface area is 140 Å². The summed E-state index contributed by atoms with van der Waals surface area (Å²) in [6.07, 6.45) is -0.206. The lowest BCUT2D eigenvalue weighted by Crippen LogP contribution is -2.37. The second-order valence-corrected chi connectivity index (χ2v) is 5.89. The number of hydrogen-bond donors (Lipinski definition) is 0. The zero-order chi connectivity index (χ0) is 17.9. The number of carbonyl (C=O) groups is 1. The fourth-order valence-corrected chi connectivity index (χ4v) is 2.38. The zero-order valence-corrected chi connectivity index (χ0v) is 14.3. The Bertz CT molecular complexity index is 744. The molecule has 0 aliphatic carbocycles. The topological polar surface area (TPSA) is 29.5 Å². The monoisotopic (exact) mass is 333 g/mol. The van der Waals surface area contributed by atoms with Gasteiger partial charge in [0.2, 0.25) is 0 Å². The summed E-state index contributed by atoms with van der Waals surface area (Å²) < 4.78 is 33.1. The van der Waals surface area contributed by atoms with Gasteiger partial charge in [0, 0.05) is 20.2 Å². The molecule has 0 N–H and O–H groups in total. The lowest BCUT2D eigenvalue weighted by atomic mass is 10.0. The minimum absolute atomic E-state index is 0.180. The van der Waals surface area contributed by atoms with Gasteiger partial charge in [-0.3, -0.25) is 4.79 Å². The maximum absolute atomic E-state index is 14.0. The average molecular weight is 333 g/mol. The third-order valence-corrected chi connectivity index (χ3v) is 3.73. The highest BCUT2D eigenvalue weighted by Crippen LogP contribution is 2.28. The van der Waals surface area contributed by atoms with E-state index < -0.39 is 11.9 Å². The standard InChI is InChI=1S/C19H21F2NO2/c1-5-18(19(23)22(3)4)24-16-10-14(9-15(20)11-16)13-6-7-17(21)12(2)8-13/h6-11,18H,5H2,1-4H3. The molecule has 0 radical (unpaired) electrons. The molecule has 1 atom stereocenters. The predicted octanol–water partition coefficient (Wildman–Crippen LogP) is 4.19. The van der Waals surface area contributed by atoms with Gasteiger partial charge >= 0.3 is 0 Å². The van der Waals surface area contributed by atoms with E-state index in [0.717, 1.165) is 0 Å². The fraction of sp³-hybridized carbons (Fsp3) is 0.316. The van der Waals surface area contributed by atoms with Gasteiger partial charge in [-0.1, -0.05) is 13.0 Å². The number of hydrogen-bond acceptors (Lipinski definition) is 2. The van der Waals surface area contributed by atoms with E-state index in [0.29, 0.717) is 23.1 Å². The van der Waals surface area contributed by atoms with Crippen molar-refractivity contribution >= 4 is 5.91 Å². The van der Waals surface area contributed by atoms with Gasteiger partial charge in [0.1, 0.15) is 17.4 Å². The zero-order valence-electron chi connectivity index (χ0n) is 14.3. The van der Waals surface area contributed by atoms with E-state index in [9.17, 15) is 13.6 Å². The Hall–Kier alpha value is -2.43. The quantitative estimate of drug-likeness (QED) is 0.821. The first-order valence-corrected chi connectivity index (χ1v) is 7.76. The Balaban J connectivity index is 2.34. The minimum Gasteiger partial charge on any atom is -0.480 e. The highest BCUT2D eigenvalue weighted by Gasteiger charge is 2.20. The normalized spacial score (nSPS) is 11.9. The van der Waals surface area contributed by atoms with Crippen molar-refractivity contribution in [2.75, 3.05) is 14.1 Å². The molecule has 24 heavy (non-hydrogen) atoms. The number of benzene rings is 2. The molecule has 0 aliphatic rings. The molecule has 0 fully saturated rings. The highest BCUT2D eigenvalue weighted by molar-refractivity contribution is 5.80. The number of ether oxygens (including phenoxy) is 1. The molecule has 0 heterocycles. The maximum Gasteiger partial charge on any atom is 0.263 e. The van der Waals surface area contributed by atoms with Crippen LogP contribution >= 0.6 is 0 Å². The van der Waals surface area contributed by atoms with Crippen LogP contribution < -0.4 is 4.74 Å². The van der Waals surface area contributed by atoms with Gasteiger partial charge < -0.3 is 9.64 Å². The summed E-state index contributed by atoms with van der Waals surface area (Å²) in [5, 5.41) is 0. The number of amides is 1. The molecule has 0 aromatic heterocycles. The van der Waals surface area contributed by atoms with Crippen LogP contribution in [0.3, 0.4) is 0 Å². The van der Waals surface area contributed by atoms with E-state index in [1.54, 1.807) is 39.2 Å². The van der Waals surface area contributed by atoms with Gasteiger partial charge in [-0.15, -0.1) is 0 Å². The molecule has 5 heteroatoms. The van der Waals surface area contributed by atoms with Crippen molar-refractivity contribution in [1.82, 2.24) is 4.90 Å². The molecule has 0 saturated carbocycles. The van der Waals surface area contributed by atoms with Crippen LogP contribution in [0.15, 0.2) is 36.4 Å². The van der Waals surface area contributed by atoms with Crippen LogP contribution in [0.2, 0.25) is 0 Å². The first-order valence-electron chi connectivity index (χ1n) is 7.76. The van der Waals surface area contributed by atoms with Crippen molar-refractivity contribution in [3.05, 3.63) is 53.6 Å². The number of aryl methyl sites for hydroxylation is 1. The number of halogens is 2. The lowest BCUT2D eigenvalue weighted by molar-refractivity contribution is -0.136. The van der Waals surface area contributed by atoms with Crippen molar-refractivity contribution in [3.8, 4) is 16.9 Å². The molecule has 2 aromatic rings. The van der Waals surface area contributed by atoms with Crippen molar-refractivity contribution in [3.63, 3.8) is 0 Å². The Kier molecular flexibility index (Phi) is 5.54. The molecule has 128 valence electrons. The molecule has 1 amide bonds. The Morgan fingerprint density at radius 2 is 1.83 bits per heavy atom. The molecule has 0 spiro atoms. The molecule has 0 saturated heterocycles. The summed E-state index contributed by atoms with van der Waals surface area (Å²) in [5.41, 5.74) is 1.74. The van der Waals surface area contributed by atoms with E-state index in [2.05, 4.69) is 0 Å². The molecule has 3 nitrogen and oxygen atoms in total. The molecule has 2 rings (SSSR count). The van der Waals surface area contributed by atoms with Crippen molar-refractivity contribution < 1.29 is 18.3 Å². The van der Waals surface area contributed by atoms with Crippen LogP contribution in [0.4, 0.5) is 8.78 Å². The average Bonchev–Trinajstić information content (AvgIpc) is 2.53. The largest absolute Gasteiger partial charge is 0.480 e. The summed E-state index contributed by atoms with van der Waals surface area (Å²) in [4.78, 5) is 13.5.